The van der Waals surface area contributed by atoms with Crippen molar-refractivity contribution < 1.29 is 38.0 Å². The summed E-state index contributed by atoms with van der Waals surface area (Å²) in [5.74, 6) is 2.48. The second kappa shape index (κ2) is 19.4. The van der Waals surface area contributed by atoms with Crippen molar-refractivity contribution in [3.8, 4) is 11.5 Å². The van der Waals surface area contributed by atoms with Crippen LogP contribution in [0.3, 0.4) is 0 Å². The fraction of sp³-hybridized carbons (Fsp3) is 0.455. The monoisotopic (exact) mass is 632 g/mol. The Hall–Kier alpha value is -2.92. The minimum Gasteiger partial charge on any atom is -0.490 e. The zero-order chi connectivity index (χ0) is 31.7. The molecule has 43 heavy (non-hydrogen) atoms. The van der Waals surface area contributed by atoms with Crippen LogP contribution in [0.15, 0.2) is 73.8 Å². The Balaban J connectivity index is 2.05. The molecule has 8 nitrogen and oxygen atoms in total. The van der Waals surface area contributed by atoms with Crippen LogP contribution >= 0.6 is 23.5 Å². The van der Waals surface area contributed by atoms with Crippen molar-refractivity contribution in [1.29, 1.82) is 0 Å². The Morgan fingerprint density at radius 3 is 1.93 bits per heavy atom. The number of hydrogen-bond acceptors (Lipinski definition) is 10. The Kier molecular flexibility index (Phi) is 16.3. The molecule has 0 aliphatic heterocycles. The quantitative estimate of drug-likeness (QED) is 0.0699. The van der Waals surface area contributed by atoms with Gasteiger partial charge in [0.2, 0.25) is 0 Å². The zero-order valence-corrected chi connectivity index (χ0v) is 27.4. The van der Waals surface area contributed by atoms with Crippen LogP contribution in [0.25, 0.3) is 0 Å². The van der Waals surface area contributed by atoms with Gasteiger partial charge in [-0.1, -0.05) is 51.3 Å². The van der Waals surface area contributed by atoms with Crippen molar-refractivity contribution in [2.45, 2.75) is 43.8 Å². The van der Waals surface area contributed by atoms with Gasteiger partial charge in [-0.05, 0) is 42.3 Å². The number of benzene rings is 2. The highest BCUT2D eigenvalue weighted by atomic mass is 32.2. The van der Waals surface area contributed by atoms with E-state index in [4.69, 9.17) is 28.4 Å². The average molecular weight is 633 g/mol. The number of ether oxygens (including phenoxy) is 6. The Bertz CT molecular complexity index is 1130. The van der Waals surface area contributed by atoms with Gasteiger partial charge in [-0.15, -0.1) is 11.8 Å². The second-order valence-electron chi connectivity index (χ2n) is 10.0. The molecule has 0 N–H and O–H groups in total. The molecule has 0 aromatic heterocycles. The van der Waals surface area contributed by atoms with Crippen LogP contribution in [0.4, 0.5) is 0 Å². The summed E-state index contributed by atoms with van der Waals surface area (Å²) in [6, 6.07) is 15.9. The van der Waals surface area contributed by atoms with Gasteiger partial charge in [0.05, 0.1) is 13.2 Å². The zero-order valence-electron chi connectivity index (χ0n) is 25.7. The minimum absolute atomic E-state index is 0.236. The summed E-state index contributed by atoms with van der Waals surface area (Å²) < 4.78 is 33.3. The van der Waals surface area contributed by atoms with Crippen LogP contribution in [-0.2, 0) is 34.0 Å². The standard InChI is InChI=1S/C33H44O8S2/c1-8-30(34)39-24(3)32(43-21-19-37-7)41-28-16-12-26(13-17-28)33(4,5)25-10-14-27(15-11-25)38-22-29(40-31(35)9-2)23-42-20-18-36-6/h8-17,24,29,32H,1-2,18-23H2,3-7H3. The Morgan fingerprint density at radius 2 is 1.37 bits per heavy atom. The summed E-state index contributed by atoms with van der Waals surface area (Å²) in [5.41, 5.74) is 1.51. The van der Waals surface area contributed by atoms with Crippen LogP contribution < -0.4 is 9.47 Å². The normalized spacial score (nSPS) is 13.3. The molecule has 0 aliphatic rings. The van der Waals surface area contributed by atoms with Gasteiger partial charge in [-0.3, -0.25) is 0 Å². The maximum absolute atomic E-state index is 11.8. The maximum atomic E-state index is 11.8. The fourth-order valence-electron chi connectivity index (χ4n) is 3.89. The van der Waals surface area contributed by atoms with Crippen molar-refractivity contribution in [3.05, 3.63) is 85.0 Å². The van der Waals surface area contributed by atoms with Crippen molar-refractivity contribution in [3.63, 3.8) is 0 Å². The lowest BCUT2D eigenvalue weighted by molar-refractivity contribution is -0.144. The molecule has 0 amide bonds. The highest BCUT2D eigenvalue weighted by Crippen LogP contribution is 2.34. The molecule has 0 saturated carbocycles. The predicted octanol–water partition coefficient (Wildman–Crippen LogP) is 6.07. The van der Waals surface area contributed by atoms with Crippen LogP contribution in [0.1, 0.15) is 31.9 Å². The molecule has 10 heteroatoms. The molecular formula is C33H44O8S2. The van der Waals surface area contributed by atoms with Gasteiger partial charge in [0, 0.05) is 49.0 Å². The molecular weight excluding hydrogens is 588 g/mol. The molecule has 3 unspecified atom stereocenters. The van der Waals surface area contributed by atoms with E-state index in [9.17, 15) is 9.59 Å². The second-order valence-corrected chi connectivity index (χ2v) is 12.4. The highest BCUT2D eigenvalue weighted by molar-refractivity contribution is 7.99. The lowest BCUT2D eigenvalue weighted by Crippen LogP contribution is -2.31. The number of methoxy groups -OCH3 is 2. The molecule has 3 atom stereocenters. The van der Waals surface area contributed by atoms with Gasteiger partial charge in [-0.25, -0.2) is 9.59 Å². The first-order valence-corrected chi connectivity index (χ1v) is 16.2. The number of carbonyl (C=O) groups excluding carboxylic acids is 2. The number of hydrogen-bond donors (Lipinski definition) is 0. The summed E-state index contributed by atoms with van der Waals surface area (Å²) in [6.45, 7) is 14.5. The van der Waals surface area contributed by atoms with Crippen molar-refractivity contribution in [1.82, 2.24) is 0 Å². The minimum atomic E-state index is -0.491. The van der Waals surface area contributed by atoms with Gasteiger partial charge >= 0.3 is 11.9 Å². The summed E-state index contributed by atoms with van der Waals surface area (Å²) in [4.78, 5) is 23.5. The number of esters is 2. The third-order valence-corrected chi connectivity index (χ3v) is 8.72. The van der Waals surface area contributed by atoms with E-state index < -0.39 is 29.6 Å². The topological polar surface area (TPSA) is 89.5 Å². The smallest absolute Gasteiger partial charge is 0.330 e. The van der Waals surface area contributed by atoms with Gasteiger partial charge in [0.15, 0.2) is 5.44 Å². The van der Waals surface area contributed by atoms with Crippen LogP contribution in [0, 0.1) is 0 Å². The van der Waals surface area contributed by atoms with E-state index in [2.05, 4.69) is 27.0 Å². The third-order valence-electron chi connectivity index (χ3n) is 6.45. The van der Waals surface area contributed by atoms with E-state index in [1.807, 2.05) is 48.5 Å². The average Bonchev–Trinajstić information content (AvgIpc) is 3.01. The molecule has 2 rings (SSSR count). The molecule has 0 heterocycles. The van der Waals surface area contributed by atoms with Gasteiger partial charge in [-0.2, -0.15) is 11.8 Å². The first-order chi connectivity index (χ1) is 20.6. The first-order valence-electron chi connectivity index (χ1n) is 14.0. The Morgan fingerprint density at radius 1 is 0.837 bits per heavy atom. The van der Waals surface area contributed by atoms with E-state index >= 15 is 0 Å². The van der Waals surface area contributed by atoms with Crippen molar-refractivity contribution in [2.75, 3.05) is 51.3 Å². The van der Waals surface area contributed by atoms with Crippen molar-refractivity contribution in [2.24, 2.45) is 0 Å². The molecule has 0 spiro atoms. The molecule has 0 radical (unpaired) electrons. The lowest BCUT2D eigenvalue weighted by atomic mass is 9.78. The Labute approximate surface area is 264 Å². The summed E-state index contributed by atoms with van der Waals surface area (Å²) in [5, 5.41) is 0. The largest absolute Gasteiger partial charge is 0.490 e. The van der Waals surface area contributed by atoms with E-state index in [1.165, 1.54) is 11.8 Å². The van der Waals surface area contributed by atoms with Gasteiger partial charge < -0.3 is 28.4 Å². The van der Waals surface area contributed by atoms with Gasteiger partial charge in [0.1, 0.15) is 30.3 Å². The van der Waals surface area contributed by atoms with E-state index in [1.54, 1.807) is 32.9 Å². The molecule has 0 bridgehead atoms. The molecule has 0 aliphatic carbocycles. The van der Waals surface area contributed by atoms with Crippen LogP contribution in [0.2, 0.25) is 0 Å². The van der Waals surface area contributed by atoms with Gasteiger partial charge in [0.25, 0.3) is 0 Å². The predicted molar refractivity (Wildman–Crippen MR) is 174 cm³/mol. The van der Waals surface area contributed by atoms with E-state index in [-0.39, 0.29) is 12.0 Å². The van der Waals surface area contributed by atoms with E-state index in [0.717, 1.165) is 29.0 Å². The van der Waals surface area contributed by atoms with Crippen molar-refractivity contribution >= 4 is 35.5 Å². The molecule has 0 saturated heterocycles. The SMILES string of the molecule is C=CC(=O)OC(COc1ccc(C(C)(C)c2ccc(OC(SCCOC)C(C)OC(=O)C=C)cc2)cc1)CSCCOC. The number of thioether (sulfide) groups is 2. The molecule has 2 aromatic carbocycles. The van der Waals surface area contributed by atoms with E-state index in [0.29, 0.717) is 36.2 Å². The maximum Gasteiger partial charge on any atom is 0.330 e. The summed E-state index contributed by atoms with van der Waals surface area (Å²) >= 11 is 3.15. The molecule has 0 fully saturated rings. The molecule has 236 valence electrons. The van der Waals surface area contributed by atoms with Crippen LogP contribution in [0.5, 0.6) is 11.5 Å². The third kappa shape index (κ3) is 12.7. The summed E-state index contributed by atoms with van der Waals surface area (Å²) in [7, 11) is 3.30. The van der Waals surface area contributed by atoms with Crippen LogP contribution in [-0.4, -0.2) is 80.9 Å². The highest BCUT2D eigenvalue weighted by Gasteiger charge is 2.25. The number of rotatable bonds is 21. The fourth-order valence-corrected chi connectivity index (χ4v) is 5.77. The summed E-state index contributed by atoms with van der Waals surface area (Å²) in [6.07, 6.45) is 1.41. The lowest BCUT2D eigenvalue weighted by Gasteiger charge is -2.27. The first kappa shape index (κ1) is 36.3. The molecule has 2 aromatic rings. The number of carbonyl (C=O) groups is 2.